The van der Waals surface area contributed by atoms with Crippen LogP contribution in [-0.4, -0.2) is 71.3 Å². The Balaban J connectivity index is 2.02. The van der Waals surface area contributed by atoms with Crippen LogP contribution in [0.4, 0.5) is 0 Å². The zero-order valence-electron chi connectivity index (χ0n) is 16.8. The topological polar surface area (TPSA) is 94.2 Å². The summed E-state index contributed by atoms with van der Waals surface area (Å²) in [5, 5.41) is 2.83. The Morgan fingerprint density at radius 2 is 2.00 bits per heavy atom. The third-order valence-corrected chi connectivity index (χ3v) is 6.19. The number of amides is 1. The molecule has 1 saturated heterocycles. The Morgan fingerprint density at radius 3 is 2.64 bits per heavy atom. The second kappa shape index (κ2) is 10.8. The van der Waals surface area contributed by atoms with Crippen molar-refractivity contribution < 1.29 is 27.4 Å². The van der Waals surface area contributed by atoms with Crippen LogP contribution in [0.1, 0.15) is 25.8 Å². The molecular formula is C19H30N2O6S. The van der Waals surface area contributed by atoms with Crippen LogP contribution < -0.4 is 10.1 Å². The predicted molar refractivity (Wildman–Crippen MR) is 105 cm³/mol. The summed E-state index contributed by atoms with van der Waals surface area (Å²) in [6.45, 7) is 6.36. The standard InChI is InChI=1S/C19H30N2O6S/c1-15(2)27-10-4-7-20-19(22)14-16-5-6-17(25-3)18(13-16)28(23,24)21-8-11-26-12-9-21/h5-6,13,15H,4,7-12,14H2,1-3H3,(H,20,22). The molecule has 1 aliphatic rings. The lowest BCUT2D eigenvalue weighted by Crippen LogP contribution is -2.40. The molecule has 1 aromatic rings. The van der Waals surface area contributed by atoms with Gasteiger partial charge in [0.25, 0.3) is 0 Å². The lowest BCUT2D eigenvalue weighted by Gasteiger charge is -2.26. The number of benzene rings is 1. The Morgan fingerprint density at radius 1 is 1.29 bits per heavy atom. The van der Waals surface area contributed by atoms with Gasteiger partial charge in [-0.25, -0.2) is 8.42 Å². The first-order valence-corrected chi connectivity index (χ1v) is 10.9. The van der Waals surface area contributed by atoms with E-state index in [0.717, 1.165) is 6.42 Å². The summed E-state index contributed by atoms with van der Waals surface area (Å²) in [5.41, 5.74) is 0.614. The maximum absolute atomic E-state index is 13.0. The van der Waals surface area contributed by atoms with Crippen molar-refractivity contribution in [3.8, 4) is 5.75 Å². The van der Waals surface area contributed by atoms with Crippen LogP contribution in [0.5, 0.6) is 5.75 Å². The molecule has 1 aromatic carbocycles. The maximum atomic E-state index is 13.0. The van der Waals surface area contributed by atoms with E-state index in [1.165, 1.54) is 17.5 Å². The zero-order valence-corrected chi connectivity index (χ0v) is 17.6. The van der Waals surface area contributed by atoms with Crippen LogP contribution in [0.2, 0.25) is 0 Å². The molecule has 9 heteroatoms. The third kappa shape index (κ3) is 6.44. The van der Waals surface area contributed by atoms with E-state index in [0.29, 0.717) is 45.0 Å². The highest BCUT2D eigenvalue weighted by atomic mass is 32.2. The van der Waals surface area contributed by atoms with Gasteiger partial charge in [-0.1, -0.05) is 6.07 Å². The number of nitrogens with one attached hydrogen (secondary N) is 1. The SMILES string of the molecule is COc1ccc(CC(=O)NCCCOC(C)C)cc1S(=O)(=O)N1CCOCC1. The van der Waals surface area contributed by atoms with E-state index in [1.807, 2.05) is 13.8 Å². The van der Waals surface area contributed by atoms with Crippen LogP contribution in [0.25, 0.3) is 0 Å². The second-order valence-corrected chi connectivity index (χ2v) is 8.71. The lowest BCUT2D eigenvalue weighted by molar-refractivity contribution is -0.120. The monoisotopic (exact) mass is 414 g/mol. The van der Waals surface area contributed by atoms with Gasteiger partial charge in [-0.3, -0.25) is 4.79 Å². The van der Waals surface area contributed by atoms with Crippen molar-refractivity contribution in [2.45, 2.75) is 37.7 Å². The van der Waals surface area contributed by atoms with Gasteiger partial charge in [-0.15, -0.1) is 0 Å². The molecule has 2 rings (SSSR count). The number of ether oxygens (including phenoxy) is 3. The van der Waals surface area contributed by atoms with E-state index in [-0.39, 0.29) is 29.1 Å². The molecule has 0 spiro atoms. The van der Waals surface area contributed by atoms with Gasteiger partial charge in [0.1, 0.15) is 10.6 Å². The molecule has 1 heterocycles. The summed E-state index contributed by atoms with van der Waals surface area (Å²) in [7, 11) is -2.29. The van der Waals surface area contributed by atoms with E-state index >= 15 is 0 Å². The molecule has 0 radical (unpaired) electrons. The van der Waals surface area contributed by atoms with Gasteiger partial charge in [0.2, 0.25) is 15.9 Å². The number of carbonyl (C=O) groups excluding carboxylic acids is 1. The minimum Gasteiger partial charge on any atom is -0.495 e. The number of nitrogens with zero attached hydrogens (tertiary/aromatic N) is 1. The Kier molecular flexibility index (Phi) is 8.68. The summed E-state index contributed by atoms with van der Waals surface area (Å²) < 4.78 is 43.2. The molecule has 8 nitrogen and oxygen atoms in total. The number of sulfonamides is 1. The minimum atomic E-state index is -3.72. The van der Waals surface area contributed by atoms with E-state index in [1.54, 1.807) is 12.1 Å². The van der Waals surface area contributed by atoms with Crippen molar-refractivity contribution in [3.05, 3.63) is 23.8 Å². The molecule has 28 heavy (non-hydrogen) atoms. The summed E-state index contributed by atoms with van der Waals surface area (Å²) in [6.07, 6.45) is 0.992. The summed E-state index contributed by atoms with van der Waals surface area (Å²) in [5.74, 6) is 0.103. The summed E-state index contributed by atoms with van der Waals surface area (Å²) >= 11 is 0. The van der Waals surface area contributed by atoms with Crippen molar-refractivity contribution in [2.24, 2.45) is 0 Å². The molecular weight excluding hydrogens is 384 g/mol. The molecule has 158 valence electrons. The van der Waals surface area contributed by atoms with Gasteiger partial charge in [0.15, 0.2) is 0 Å². The fraction of sp³-hybridized carbons (Fsp3) is 0.632. The Hall–Kier alpha value is -1.68. The molecule has 0 bridgehead atoms. The molecule has 1 fully saturated rings. The molecule has 0 aliphatic carbocycles. The number of morpholine rings is 1. The second-order valence-electron chi connectivity index (χ2n) is 6.80. The van der Waals surface area contributed by atoms with E-state index in [2.05, 4.69) is 5.32 Å². The number of rotatable bonds is 10. The molecule has 1 N–H and O–H groups in total. The molecule has 0 saturated carbocycles. The van der Waals surface area contributed by atoms with Gasteiger partial charge in [-0.2, -0.15) is 4.31 Å². The van der Waals surface area contributed by atoms with Gasteiger partial charge in [0.05, 0.1) is 32.8 Å². The fourth-order valence-electron chi connectivity index (χ4n) is 2.83. The highest BCUT2D eigenvalue weighted by Crippen LogP contribution is 2.28. The highest BCUT2D eigenvalue weighted by Gasteiger charge is 2.29. The number of hydrogen-bond donors (Lipinski definition) is 1. The van der Waals surface area contributed by atoms with Crippen molar-refractivity contribution >= 4 is 15.9 Å². The summed E-state index contributed by atoms with van der Waals surface area (Å²) in [4.78, 5) is 12.2. The first kappa shape index (κ1) is 22.6. The smallest absolute Gasteiger partial charge is 0.246 e. The summed E-state index contributed by atoms with van der Waals surface area (Å²) in [6, 6.07) is 4.82. The van der Waals surface area contributed by atoms with Crippen LogP contribution >= 0.6 is 0 Å². The normalized spacial score (nSPS) is 15.6. The number of carbonyl (C=O) groups is 1. The van der Waals surface area contributed by atoms with Crippen molar-refractivity contribution in [1.82, 2.24) is 9.62 Å². The van der Waals surface area contributed by atoms with E-state index in [9.17, 15) is 13.2 Å². The van der Waals surface area contributed by atoms with Gasteiger partial charge < -0.3 is 19.5 Å². The van der Waals surface area contributed by atoms with Crippen molar-refractivity contribution in [1.29, 1.82) is 0 Å². The van der Waals surface area contributed by atoms with Gasteiger partial charge in [0, 0.05) is 26.2 Å². The van der Waals surface area contributed by atoms with Crippen LogP contribution in [0.15, 0.2) is 23.1 Å². The minimum absolute atomic E-state index is 0.0764. The average Bonchev–Trinajstić information content (AvgIpc) is 2.68. The number of methoxy groups -OCH3 is 1. The number of hydrogen-bond acceptors (Lipinski definition) is 6. The molecule has 1 amide bonds. The highest BCUT2D eigenvalue weighted by molar-refractivity contribution is 7.89. The fourth-order valence-corrected chi connectivity index (χ4v) is 4.44. The van der Waals surface area contributed by atoms with Crippen LogP contribution in [0, 0.1) is 0 Å². The first-order chi connectivity index (χ1) is 13.3. The van der Waals surface area contributed by atoms with Crippen molar-refractivity contribution in [2.75, 3.05) is 46.6 Å². The third-order valence-electron chi connectivity index (χ3n) is 4.28. The van der Waals surface area contributed by atoms with Crippen LogP contribution in [0.3, 0.4) is 0 Å². The molecule has 0 unspecified atom stereocenters. The zero-order chi connectivity index (χ0) is 20.6. The quantitative estimate of drug-likeness (QED) is 0.578. The lowest BCUT2D eigenvalue weighted by atomic mass is 10.1. The van der Waals surface area contributed by atoms with E-state index < -0.39 is 10.0 Å². The Bertz CT molecular complexity index is 745. The van der Waals surface area contributed by atoms with Crippen LogP contribution in [-0.2, 0) is 30.7 Å². The predicted octanol–water partition coefficient (Wildman–Crippen LogP) is 1.19. The van der Waals surface area contributed by atoms with Gasteiger partial charge in [-0.05, 0) is 38.0 Å². The largest absolute Gasteiger partial charge is 0.495 e. The van der Waals surface area contributed by atoms with E-state index in [4.69, 9.17) is 14.2 Å². The Labute approximate surface area is 167 Å². The maximum Gasteiger partial charge on any atom is 0.246 e. The molecule has 0 atom stereocenters. The first-order valence-electron chi connectivity index (χ1n) is 9.47. The molecule has 1 aliphatic heterocycles. The van der Waals surface area contributed by atoms with Gasteiger partial charge >= 0.3 is 0 Å². The van der Waals surface area contributed by atoms with Crippen molar-refractivity contribution in [3.63, 3.8) is 0 Å². The average molecular weight is 415 g/mol. The molecule has 0 aromatic heterocycles.